The maximum atomic E-state index is 12.3. The van der Waals surface area contributed by atoms with E-state index in [1.165, 1.54) is 23.9 Å². The highest BCUT2D eigenvalue weighted by atomic mass is 32.2. The zero-order chi connectivity index (χ0) is 12.3. The van der Waals surface area contributed by atoms with Crippen LogP contribution in [0.3, 0.4) is 0 Å². The molecule has 90 valence electrons. The van der Waals surface area contributed by atoms with Crippen molar-refractivity contribution in [3.05, 3.63) is 41.6 Å². The highest BCUT2D eigenvalue weighted by molar-refractivity contribution is 7.98. The largest absolute Gasteiger partial charge is 0.416 e. The minimum absolute atomic E-state index is 0.560. The van der Waals surface area contributed by atoms with Crippen molar-refractivity contribution in [3.8, 4) is 0 Å². The van der Waals surface area contributed by atoms with Gasteiger partial charge in [-0.3, -0.25) is 0 Å². The van der Waals surface area contributed by atoms with Crippen molar-refractivity contribution in [1.82, 2.24) is 15.4 Å². The molecule has 2 rings (SSSR count). The summed E-state index contributed by atoms with van der Waals surface area (Å²) in [6, 6.07) is 5.10. The number of thioether (sulfide) groups is 1. The third kappa shape index (κ3) is 3.23. The topological polar surface area (TPSA) is 41.6 Å². The Labute approximate surface area is 99.4 Å². The van der Waals surface area contributed by atoms with Crippen LogP contribution in [0.15, 0.2) is 35.5 Å². The highest BCUT2D eigenvalue weighted by Gasteiger charge is 2.29. The number of rotatable bonds is 3. The summed E-state index contributed by atoms with van der Waals surface area (Å²) in [5.41, 5.74) is 0.179. The molecule has 3 nitrogen and oxygen atoms in total. The number of hydrogen-bond acceptors (Lipinski definition) is 3. The van der Waals surface area contributed by atoms with Crippen molar-refractivity contribution in [2.45, 2.75) is 17.0 Å². The van der Waals surface area contributed by atoms with E-state index < -0.39 is 11.7 Å². The monoisotopic (exact) mass is 259 g/mol. The molecule has 0 amide bonds. The molecule has 2 aromatic rings. The second-order valence-corrected chi connectivity index (χ2v) is 4.29. The Morgan fingerprint density at radius 3 is 2.41 bits per heavy atom. The Morgan fingerprint density at radius 2 is 1.88 bits per heavy atom. The summed E-state index contributed by atoms with van der Waals surface area (Å²) in [7, 11) is 0. The van der Waals surface area contributed by atoms with Gasteiger partial charge in [0, 0.05) is 5.75 Å². The van der Waals surface area contributed by atoms with Gasteiger partial charge in [0.1, 0.15) is 5.03 Å². The van der Waals surface area contributed by atoms with Gasteiger partial charge < -0.3 is 0 Å². The van der Waals surface area contributed by atoms with Crippen LogP contribution < -0.4 is 0 Å². The predicted octanol–water partition coefficient (Wildman–Crippen LogP) is 3.12. The van der Waals surface area contributed by atoms with Gasteiger partial charge in [-0.05, 0) is 17.7 Å². The Bertz CT molecular complexity index is 465. The van der Waals surface area contributed by atoms with Crippen LogP contribution in [0.5, 0.6) is 0 Å². The summed E-state index contributed by atoms with van der Waals surface area (Å²) in [5.74, 6) is 0.560. The molecule has 1 aromatic heterocycles. The summed E-state index contributed by atoms with van der Waals surface area (Å²) >= 11 is 1.41. The second kappa shape index (κ2) is 4.79. The SMILES string of the molecule is FC(F)(F)c1ccc(CSc2cn[nH]n2)cc1. The molecule has 7 heteroatoms. The lowest BCUT2D eigenvalue weighted by atomic mass is 10.1. The minimum Gasteiger partial charge on any atom is -0.197 e. The molecule has 1 aromatic carbocycles. The lowest BCUT2D eigenvalue weighted by Gasteiger charge is -2.06. The van der Waals surface area contributed by atoms with Crippen molar-refractivity contribution in [1.29, 1.82) is 0 Å². The van der Waals surface area contributed by atoms with Gasteiger partial charge in [-0.15, -0.1) is 5.10 Å². The number of benzene rings is 1. The lowest BCUT2D eigenvalue weighted by molar-refractivity contribution is -0.137. The van der Waals surface area contributed by atoms with E-state index in [0.29, 0.717) is 10.8 Å². The molecule has 0 atom stereocenters. The second-order valence-electron chi connectivity index (χ2n) is 3.29. The van der Waals surface area contributed by atoms with E-state index in [1.807, 2.05) is 0 Å². The van der Waals surface area contributed by atoms with Crippen LogP contribution in [0.2, 0.25) is 0 Å². The molecule has 1 heterocycles. The Balaban J connectivity index is 1.99. The molecule has 1 N–H and O–H groups in total. The average Bonchev–Trinajstić information content (AvgIpc) is 2.78. The predicted molar refractivity (Wildman–Crippen MR) is 57.4 cm³/mol. The normalized spacial score (nSPS) is 11.7. The number of aromatic amines is 1. The average molecular weight is 259 g/mol. The van der Waals surface area contributed by atoms with Gasteiger partial charge in [-0.2, -0.15) is 23.5 Å². The maximum absolute atomic E-state index is 12.3. The van der Waals surface area contributed by atoms with Crippen LogP contribution in [0.1, 0.15) is 11.1 Å². The first-order chi connectivity index (χ1) is 8.05. The third-order valence-electron chi connectivity index (χ3n) is 2.06. The highest BCUT2D eigenvalue weighted by Crippen LogP contribution is 2.29. The van der Waals surface area contributed by atoms with Crippen molar-refractivity contribution in [2.75, 3.05) is 0 Å². The first-order valence-electron chi connectivity index (χ1n) is 4.70. The first-order valence-corrected chi connectivity index (χ1v) is 5.69. The van der Waals surface area contributed by atoms with Crippen molar-refractivity contribution >= 4 is 11.8 Å². The van der Waals surface area contributed by atoms with Gasteiger partial charge in [0.15, 0.2) is 0 Å². The fourth-order valence-electron chi connectivity index (χ4n) is 1.21. The van der Waals surface area contributed by atoms with Gasteiger partial charge in [0.05, 0.1) is 11.8 Å². The Hall–Kier alpha value is -1.50. The van der Waals surface area contributed by atoms with Crippen molar-refractivity contribution < 1.29 is 13.2 Å². The third-order valence-corrected chi connectivity index (χ3v) is 3.03. The molecule has 0 aliphatic heterocycles. The molecule has 0 bridgehead atoms. The molecule has 0 unspecified atom stereocenters. The summed E-state index contributed by atoms with van der Waals surface area (Å²) in [4.78, 5) is 0. The summed E-state index contributed by atoms with van der Waals surface area (Å²) in [6.07, 6.45) is -2.72. The zero-order valence-corrected chi connectivity index (χ0v) is 9.35. The van der Waals surface area contributed by atoms with E-state index in [-0.39, 0.29) is 0 Å². The fourth-order valence-corrected chi connectivity index (χ4v) is 1.95. The number of nitrogens with zero attached hydrogens (tertiary/aromatic N) is 2. The van der Waals surface area contributed by atoms with E-state index in [0.717, 1.165) is 17.7 Å². The van der Waals surface area contributed by atoms with E-state index in [1.54, 1.807) is 6.20 Å². The molecule has 17 heavy (non-hydrogen) atoms. The van der Waals surface area contributed by atoms with E-state index >= 15 is 0 Å². The van der Waals surface area contributed by atoms with Crippen LogP contribution in [0.4, 0.5) is 13.2 Å². The smallest absolute Gasteiger partial charge is 0.197 e. The molecule has 0 aliphatic carbocycles. The molecule has 0 aliphatic rings. The minimum atomic E-state index is -4.28. The quantitative estimate of drug-likeness (QED) is 0.861. The Kier molecular flexibility index (Phi) is 3.37. The molecule has 0 saturated heterocycles. The van der Waals surface area contributed by atoms with Crippen molar-refractivity contribution in [3.63, 3.8) is 0 Å². The first kappa shape index (κ1) is 12.0. The Morgan fingerprint density at radius 1 is 1.18 bits per heavy atom. The van der Waals surface area contributed by atoms with E-state index in [2.05, 4.69) is 15.4 Å². The number of alkyl halides is 3. The van der Waals surface area contributed by atoms with Crippen molar-refractivity contribution in [2.24, 2.45) is 0 Å². The number of nitrogens with one attached hydrogen (secondary N) is 1. The molecule has 0 fully saturated rings. The zero-order valence-electron chi connectivity index (χ0n) is 8.53. The standard InChI is InChI=1S/C10H8F3N3S/c11-10(12,13)8-3-1-7(2-4-8)6-17-9-5-14-16-15-9/h1-5H,6H2,(H,14,15,16). The van der Waals surface area contributed by atoms with Crippen LogP contribution in [0, 0.1) is 0 Å². The van der Waals surface area contributed by atoms with Crippen LogP contribution in [-0.4, -0.2) is 15.4 Å². The van der Waals surface area contributed by atoms with E-state index in [9.17, 15) is 13.2 Å². The molecule has 0 saturated carbocycles. The van der Waals surface area contributed by atoms with Gasteiger partial charge >= 0.3 is 6.18 Å². The van der Waals surface area contributed by atoms with Crippen LogP contribution in [0.25, 0.3) is 0 Å². The molecule has 0 spiro atoms. The van der Waals surface area contributed by atoms with Crippen LogP contribution >= 0.6 is 11.8 Å². The van der Waals surface area contributed by atoms with E-state index in [4.69, 9.17) is 0 Å². The number of aromatic nitrogens is 3. The number of hydrogen-bond donors (Lipinski definition) is 1. The molecule has 0 radical (unpaired) electrons. The maximum Gasteiger partial charge on any atom is 0.416 e. The number of halogens is 3. The summed E-state index contributed by atoms with van der Waals surface area (Å²) in [5, 5.41) is 10.6. The van der Waals surface area contributed by atoms with Gasteiger partial charge in [0.25, 0.3) is 0 Å². The van der Waals surface area contributed by atoms with Crippen LogP contribution in [-0.2, 0) is 11.9 Å². The summed E-state index contributed by atoms with van der Waals surface area (Å²) < 4.78 is 36.9. The number of H-pyrrole nitrogens is 1. The van der Waals surface area contributed by atoms with Gasteiger partial charge in [-0.1, -0.05) is 23.9 Å². The molecular formula is C10H8F3N3S. The molecular weight excluding hydrogens is 251 g/mol. The fraction of sp³-hybridized carbons (Fsp3) is 0.200. The van der Waals surface area contributed by atoms with Gasteiger partial charge in [-0.25, -0.2) is 0 Å². The summed E-state index contributed by atoms with van der Waals surface area (Å²) in [6.45, 7) is 0. The lowest BCUT2D eigenvalue weighted by Crippen LogP contribution is -2.04. The van der Waals surface area contributed by atoms with Gasteiger partial charge in [0.2, 0.25) is 0 Å².